The van der Waals surface area contributed by atoms with Crippen LogP contribution in [-0.4, -0.2) is 174 Å². The molecule has 4 unspecified atom stereocenters. The number of ether oxygens (including phenoxy) is 8. The second-order valence-corrected chi connectivity index (χ2v) is 39.7. The molecule has 692 valence electrons. The second-order valence-electron chi connectivity index (χ2n) is 39.7. The van der Waals surface area contributed by atoms with E-state index in [0.717, 1.165) is 176 Å². The fourth-order valence-electron chi connectivity index (χ4n) is 18.8. The summed E-state index contributed by atoms with van der Waals surface area (Å²) >= 11 is 0. The van der Waals surface area contributed by atoms with Gasteiger partial charge in [-0.15, -0.1) is 0 Å². The van der Waals surface area contributed by atoms with Crippen molar-refractivity contribution < 1.29 is 76.3 Å². The third-order valence-corrected chi connectivity index (χ3v) is 27.1. The van der Waals surface area contributed by atoms with Crippen LogP contribution < -0.4 is 0 Å². The topological polar surface area (TPSA) is 220 Å². The fourth-order valence-corrected chi connectivity index (χ4v) is 18.8. The number of esters is 8. The van der Waals surface area contributed by atoms with E-state index in [1.54, 1.807) is 0 Å². The first-order valence-corrected chi connectivity index (χ1v) is 49.7. The van der Waals surface area contributed by atoms with Gasteiger partial charge in [-0.2, -0.15) is 0 Å². The zero-order valence-corrected chi connectivity index (χ0v) is 78.7. The molecule has 0 bridgehead atoms. The third kappa shape index (κ3) is 54.2. The third-order valence-electron chi connectivity index (χ3n) is 27.1. The Labute approximate surface area is 726 Å². The number of carbonyl (C=O) groups excluding carboxylic acids is 8. The van der Waals surface area contributed by atoms with Crippen LogP contribution in [0.15, 0.2) is 0 Å². The standard InChI is InChI=1S/C100H181N3O16/c1-14-101(67-68-103(65-59-95(106)114-71-75-118-99(110)91-53-45-87(46-54-91)39-23-35-83(12)31-19-27-79(6)7)66-60-96(107)115-72-76-119-100(111)92-55-47-88(48-56-92)40-24-36-84(13)32-20-28-80(8)9)61-15-16-62-102(63-57-93(104)112-69-73-116-97(108)89-49-41-85(42-50-89)37-21-33-81(10)29-17-25-77(2)3)64-58-94(105)113-70-74-117-98(109)90-51-43-86(44-52-90)38-22-34-82(11)30-18-26-78(4)5/h77-92H,14-76H2,1-13H3. The van der Waals surface area contributed by atoms with Gasteiger partial charge < -0.3 is 52.6 Å². The van der Waals surface area contributed by atoms with E-state index in [9.17, 15) is 38.4 Å². The van der Waals surface area contributed by atoms with E-state index in [4.69, 9.17) is 37.9 Å². The largest absolute Gasteiger partial charge is 0.462 e. The Kier molecular flexibility index (Phi) is 59.5. The summed E-state index contributed by atoms with van der Waals surface area (Å²) in [5.41, 5.74) is 0. The maximum Gasteiger partial charge on any atom is 0.309 e. The van der Waals surface area contributed by atoms with Crippen molar-refractivity contribution in [3.8, 4) is 0 Å². The van der Waals surface area contributed by atoms with Gasteiger partial charge in [0.15, 0.2) is 0 Å². The van der Waals surface area contributed by atoms with Crippen LogP contribution in [-0.2, 0) is 76.3 Å². The zero-order chi connectivity index (χ0) is 86.8. The molecule has 0 aromatic heterocycles. The van der Waals surface area contributed by atoms with Gasteiger partial charge in [0.1, 0.15) is 52.9 Å². The average molecular weight is 1680 g/mol. The van der Waals surface area contributed by atoms with Crippen LogP contribution in [0.2, 0.25) is 0 Å². The van der Waals surface area contributed by atoms with E-state index >= 15 is 0 Å². The molecule has 4 aliphatic carbocycles. The number of nitrogens with zero attached hydrogens (tertiary/aromatic N) is 3. The van der Waals surface area contributed by atoms with E-state index in [1.165, 1.54) is 154 Å². The number of carbonyl (C=O) groups is 8. The van der Waals surface area contributed by atoms with Crippen LogP contribution >= 0.6 is 0 Å². The van der Waals surface area contributed by atoms with Gasteiger partial charge in [-0.25, -0.2) is 0 Å². The molecule has 0 amide bonds. The molecule has 0 saturated heterocycles. The number of hydrogen-bond acceptors (Lipinski definition) is 19. The van der Waals surface area contributed by atoms with E-state index in [-0.39, 0.29) is 126 Å². The minimum atomic E-state index is -0.418. The molecule has 0 aromatic carbocycles. The molecule has 4 atom stereocenters. The maximum absolute atomic E-state index is 13.3. The molecule has 4 rings (SSSR count). The van der Waals surface area contributed by atoms with Gasteiger partial charge >= 0.3 is 47.8 Å². The summed E-state index contributed by atoms with van der Waals surface area (Å²) in [7, 11) is 0. The fraction of sp³-hybridized carbons (Fsp3) is 0.920. The number of likely N-dealkylation sites (N-methyl/N-ethyl adjacent to an activating group) is 1. The number of rotatable bonds is 69. The molecule has 0 aromatic rings. The van der Waals surface area contributed by atoms with Gasteiger partial charge in [-0.05, 0) is 206 Å². The Morgan fingerprint density at radius 2 is 0.437 bits per heavy atom. The highest BCUT2D eigenvalue weighted by atomic mass is 16.6. The van der Waals surface area contributed by atoms with Crippen molar-refractivity contribution >= 4 is 47.8 Å². The molecule has 4 saturated carbocycles. The first kappa shape index (κ1) is 107. The molecule has 0 radical (unpaired) electrons. The zero-order valence-electron chi connectivity index (χ0n) is 78.7. The lowest BCUT2D eigenvalue weighted by molar-refractivity contribution is -0.156. The van der Waals surface area contributed by atoms with Gasteiger partial charge in [0.05, 0.1) is 49.4 Å². The summed E-state index contributed by atoms with van der Waals surface area (Å²) in [6.45, 7) is 34.6. The Morgan fingerprint density at radius 3 is 0.664 bits per heavy atom. The van der Waals surface area contributed by atoms with Crippen molar-refractivity contribution in [3.05, 3.63) is 0 Å². The van der Waals surface area contributed by atoms with Crippen molar-refractivity contribution in [2.24, 2.45) is 94.7 Å². The van der Waals surface area contributed by atoms with Crippen LogP contribution in [0.3, 0.4) is 0 Å². The van der Waals surface area contributed by atoms with Crippen molar-refractivity contribution in [2.75, 3.05) is 112 Å². The quantitative estimate of drug-likeness (QED) is 0.0314. The molecule has 0 aliphatic heterocycles. The van der Waals surface area contributed by atoms with E-state index in [0.29, 0.717) is 69.5 Å². The second kappa shape index (κ2) is 66.1. The minimum Gasteiger partial charge on any atom is -0.462 e. The Bertz CT molecular complexity index is 2480. The Hall–Kier alpha value is -4.36. The van der Waals surface area contributed by atoms with Crippen molar-refractivity contribution in [3.63, 3.8) is 0 Å². The SMILES string of the molecule is CCN(CCCCN(CCC(=O)OCCOC(=O)C1CCC(CCCC(C)CCCC(C)C)CC1)CCC(=O)OCCOC(=O)C1CCC(CCCC(C)CCCC(C)C)CC1)CCN(CCC(=O)OCCOC(=O)C1CCC(CCCC(C)CCCC(C)C)CC1)CCC(=O)OCCOC(=O)C1CCC(CCCC(C)CCCC(C)C)CC1. The van der Waals surface area contributed by atoms with Crippen LogP contribution in [0.1, 0.15) is 385 Å². The van der Waals surface area contributed by atoms with Gasteiger partial charge in [-0.3, -0.25) is 38.4 Å². The lowest BCUT2D eigenvalue weighted by Gasteiger charge is -2.28. The summed E-state index contributed by atoms with van der Waals surface area (Å²) in [5.74, 6) is 5.78. The van der Waals surface area contributed by atoms with Crippen LogP contribution in [0.5, 0.6) is 0 Å². The summed E-state index contributed by atoms with van der Waals surface area (Å²) in [5, 5.41) is 0. The minimum absolute atomic E-state index is 0.00475. The maximum atomic E-state index is 13.3. The highest BCUT2D eigenvalue weighted by molar-refractivity contribution is 5.75. The first-order valence-electron chi connectivity index (χ1n) is 49.7. The van der Waals surface area contributed by atoms with Gasteiger partial charge in [0, 0.05) is 39.3 Å². The summed E-state index contributed by atoms with van der Waals surface area (Å²) in [4.78, 5) is 112. The van der Waals surface area contributed by atoms with Gasteiger partial charge in [0.25, 0.3) is 0 Å². The highest BCUT2D eigenvalue weighted by Crippen LogP contribution is 2.38. The molecule has 0 N–H and O–H groups in total. The summed E-state index contributed by atoms with van der Waals surface area (Å²) < 4.78 is 45.0. The number of unbranched alkanes of at least 4 members (excludes halogenated alkanes) is 1. The normalized spacial score (nSPS) is 20.8. The van der Waals surface area contributed by atoms with Crippen LogP contribution in [0.25, 0.3) is 0 Å². The number of hydrogen-bond donors (Lipinski definition) is 0. The molecular formula is C100H181N3O16. The predicted molar refractivity (Wildman–Crippen MR) is 479 cm³/mol. The molecule has 0 spiro atoms. The van der Waals surface area contributed by atoms with Crippen molar-refractivity contribution in [1.82, 2.24) is 14.7 Å². The van der Waals surface area contributed by atoms with Crippen LogP contribution in [0, 0.1) is 94.7 Å². The van der Waals surface area contributed by atoms with E-state index < -0.39 is 23.9 Å². The lowest BCUT2D eigenvalue weighted by atomic mass is 9.79. The molecule has 4 aliphatic rings. The summed E-state index contributed by atoms with van der Waals surface area (Å²) in [6.07, 6.45) is 47.6. The average Bonchev–Trinajstić information content (AvgIpc) is 0.899. The monoisotopic (exact) mass is 1680 g/mol. The Balaban J connectivity index is 1.26. The Morgan fingerprint density at radius 1 is 0.235 bits per heavy atom. The summed E-state index contributed by atoms with van der Waals surface area (Å²) in [6, 6.07) is 0. The van der Waals surface area contributed by atoms with Gasteiger partial charge in [0.2, 0.25) is 0 Å². The van der Waals surface area contributed by atoms with Crippen LogP contribution in [0.4, 0.5) is 0 Å². The molecule has 119 heavy (non-hydrogen) atoms. The highest BCUT2D eigenvalue weighted by Gasteiger charge is 2.32. The molecule has 19 nitrogen and oxygen atoms in total. The lowest BCUT2D eigenvalue weighted by Crippen LogP contribution is -2.38. The molecule has 4 fully saturated rings. The molecule has 0 heterocycles. The van der Waals surface area contributed by atoms with Crippen molar-refractivity contribution in [1.29, 1.82) is 0 Å². The molecular weight excluding hydrogens is 1500 g/mol. The van der Waals surface area contributed by atoms with Crippen molar-refractivity contribution in [2.45, 2.75) is 385 Å². The van der Waals surface area contributed by atoms with Gasteiger partial charge in [-0.1, -0.05) is 244 Å². The van der Waals surface area contributed by atoms with E-state index in [2.05, 4.69) is 105 Å². The first-order chi connectivity index (χ1) is 57.2. The smallest absolute Gasteiger partial charge is 0.309 e. The van der Waals surface area contributed by atoms with E-state index in [1.807, 2.05) is 0 Å². The predicted octanol–water partition coefficient (Wildman–Crippen LogP) is 22.4. The molecule has 19 heteroatoms.